The molecule has 0 aliphatic carbocycles. The average Bonchev–Trinajstić information content (AvgIpc) is 2.73. The van der Waals surface area contributed by atoms with E-state index in [1.165, 1.54) is 0 Å². The van der Waals surface area contributed by atoms with Crippen LogP contribution in [0.3, 0.4) is 0 Å². The number of rotatable bonds is 9. The molecule has 0 aliphatic rings. The van der Waals surface area contributed by atoms with E-state index in [9.17, 15) is 4.79 Å². The zero-order valence-corrected chi connectivity index (χ0v) is 16.9. The predicted molar refractivity (Wildman–Crippen MR) is 114 cm³/mol. The van der Waals surface area contributed by atoms with Crippen molar-refractivity contribution in [3.8, 4) is 22.8 Å². The van der Waals surface area contributed by atoms with Gasteiger partial charge in [-0.25, -0.2) is 9.97 Å². The van der Waals surface area contributed by atoms with Crippen molar-refractivity contribution in [1.29, 1.82) is 0 Å². The Labute approximate surface area is 170 Å². The molecule has 1 heterocycles. The number of aromatic nitrogens is 2. The van der Waals surface area contributed by atoms with Gasteiger partial charge in [-0.15, -0.1) is 0 Å². The van der Waals surface area contributed by atoms with Crippen LogP contribution in [0, 0.1) is 0 Å². The third kappa shape index (κ3) is 5.54. The van der Waals surface area contributed by atoms with Gasteiger partial charge >= 0.3 is 0 Å². The molecule has 6 heteroatoms. The van der Waals surface area contributed by atoms with Gasteiger partial charge in [0.1, 0.15) is 5.78 Å². The standard InChI is InChI=1S/C23H25N3O3/c1-16(27)13-18-5-4-6-19(14-18)20-10-12-25-23(26-20)24-11-9-17-7-8-21(28-2)22(15-17)29-3/h4-8,10,12,14-15H,9,11,13H2,1-3H3,(H,24,25,26). The molecule has 0 spiro atoms. The minimum atomic E-state index is 0.141. The van der Waals surface area contributed by atoms with Gasteiger partial charge in [-0.2, -0.15) is 0 Å². The molecule has 0 fully saturated rings. The van der Waals surface area contributed by atoms with Crippen LogP contribution in [0.1, 0.15) is 18.1 Å². The van der Waals surface area contributed by atoms with E-state index in [4.69, 9.17) is 9.47 Å². The lowest BCUT2D eigenvalue weighted by molar-refractivity contribution is -0.116. The van der Waals surface area contributed by atoms with E-state index in [0.29, 0.717) is 30.4 Å². The Bertz CT molecular complexity index is 989. The van der Waals surface area contributed by atoms with Gasteiger partial charge in [-0.1, -0.05) is 24.3 Å². The number of Topliss-reactive ketones (excluding diaryl/α,β-unsaturated/α-hetero) is 1. The van der Waals surface area contributed by atoms with Crippen LogP contribution in [0.15, 0.2) is 54.7 Å². The number of hydrogen-bond acceptors (Lipinski definition) is 6. The normalized spacial score (nSPS) is 10.4. The van der Waals surface area contributed by atoms with E-state index in [-0.39, 0.29) is 5.78 Å². The highest BCUT2D eigenvalue weighted by Crippen LogP contribution is 2.27. The minimum Gasteiger partial charge on any atom is -0.493 e. The molecule has 0 amide bonds. The molecule has 2 aromatic carbocycles. The van der Waals surface area contributed by atoms with Crippen molar-refractivity contribution in [2.75, 3.05) is 26.1 Å². The number of carbonyl (C=O) groups is 1. The number of nitrogens with zero attached hydrogens (tertiary/aromatic N) is 2. The second-order valence-corrected chi connectivity index (χ2v) is 6.71. The second-order valence-electron chi connectivity index (χ2n) is 6.71. The van der Waals surface area contributed by atoms with Crippen LogP contribution in [-0.4, -0.2) is 36.5 Å². The van der Waals surface area contributed by atoms with Crippen molar-refractivity contribution >= 4 is 11.7 Å². The molecule has 3 aromatic rings. The monoisotopic (exact) mass is 391 g/mol. The lowest BCUT2D eigenvalue weighted by atomic mass is 10.0. The highest BCUT2D eigenvalue weighted by molar-refractivity contribution is 5.78. The number of ether oxygens (including phenoxy) is 2. The van der Waals surface area contributed by atoms with Crippen LogP contribution in [0.2, 0.25) is 0 Å². The maximum Gasteiger partial charge on any atom is 0.223 e. The summed E-state index contributed by atoms with van der Waals surface area (Å²) >= 11 is 0. The molecule has 0 unspecified atom stereocenters. The van der Waals surface area contributed by atoms with Gasteiger partial charge in [0.15, 0.2) is 11.5 Å². The smallest absolute Gasteiger partial charge is 0.223 e. The quantitative estimate of drug-likeness (QED) is 0.595. The van der Waals surface area contributed by atoms with E-state index in [1.807, 2.05) is 48.5 Å². The molecular weight excluding hydrogens is 366 g/mol. The molecule has 0 atom stereocenters. The van der Waals surface area contributed by atoms with Gasteiger partial charge in [-0.3, -0.25) is 4.79 Å². The van der Waals surface area contributed by atoms with Crippen LogP contribution in [0.4, 0.5) is 5.95 Å². The summed E-state index contributed by atoms with van der Waals surface area (Å²) in [5.74, 6) is 2.14. The van der Waals surface area contributed by atoms with E-state index in [2.05, 4.69) is 15.3 Å². The zero-order valence-electron chi connectivity index (χ0n) is 16.9. The minimum absolute atomic E-state index is 0.141. The molecule has 1 N–H and O–H groups in total. The number of anilines is 1. The molecule has 0 aliphatic heterocycles. The fraction of sp³-hybridized carbons (Fsp3) is 0.261. The summed E-state index contributed by atoms with van der Waals surface area (Å²) in [4.78, 5) is 20.3. The summed E-state index contributed by atoms with van der Waals surface area (Å²) in [5.41, 5.74) is 3.90. The van der Waals surface area contributed by atoms with E-state index >= 15 is 0 Å². The van der Waals surface area contributed by atoms with E-state index < -0.39 is 0 Å². The second kappa shape index (κ2) is 9.68. The highest BCUT2D eigenvalue weighted by atomic mass is 16.5. The Morgan fingerprint density at radius 3 is 2.59 bits per heavy atom. The fourth-order valence-corrected chi connectivity index (χ4v) is 3.09. The molecule has 0 saturated carbocycles. The molecule has 6 nitrogen and oxygen atoms in total. The summed E-state index contributed by atoms with van der Waals surface area (Å²) < 4.78 is 10.6. The first-order chi connectivity index (χ1) is 14.1. The Morgan fingerprint density at radius 1 is 1.00 bits per heavy atom. The molecule has 1 aromatic heterocycles. The van der Waals surface area contributed by atoms with Gasteiger partial charge in [-0.05, 0) is 48.7 Å². The number of nitrogens with one attached hydrogen (secondary N) is 1. The SMILES string of the molecule is COc1ccc(CCNc2nccc(-c3cccc(CC(C)=O)c3)n2)cc1OC. The van der Waals surface area contributed by atoms with Crippen molar-refractivity contribution < 1.29 is 14.3 Å². The predicted octanol–water partition coefficient (Wildman–Crippen LogP) is 3.95. The van der Waals surface area contributed by atoms with Crippen LogP contribution in [0.25, 0.3) is 11.3 Å². The first-order valence-corrected chi connectivity index (χ1v) is 9.45. The Kier molecular flexibility index (Phi) is 6.79. The van der Waals surface area contributed by atoms with Crippen molar-refractivity contribution in [1.82, 2.24) is 9.97 Å². The molecule has 3 rings (SSSR count). The molecule has 0 radical (unpaired) electrons. The lowest BCUT2D eigenvalue weighted by Gasteiger charge is -2.10. The first-order valence-electron chi connectivity index (χ1n) is 9.45. The lowest BCUT2D eigenvalue weighted by Crippen LogP contribution is -2.08. The maximum atomic E-state index is 11.4. The van der Waals surface area contributed by atoms with E-state index in [0.717, 1.165) is 28.8 Å². The summed E-state index contributed by atoms with van der Waals surface area (Å²) in [6.07, 6.45) is 2.95. The first kappa shape index (κ1) is 20.3. The number of ketones is 1. The molecular formula is C23H25N3O3. The molecule has 0 saturated heterocycles. The largest absolute Gasteiger partial charge is 0.493 e. The fourth-order valence-electron chi connectivity index (χ4n) is 3.09. The maximum absolute atomic E-state index is 11.4. The highest BCUT2D eigenvalue weighted by Gasteiger charge is 2.07. The van der Waals surface area contributed by atoms with Crippen LogP contribution < -0.4 is 14.8 Å². The summed E-state index contributed by atoms with van der Waals surface area (Å²) in [5, 5.41) is 3.27. The third-order valence-electron chi connectivity index (χ3n) is 4.48. The summed E-state index contributed by atoms with van der Waals surface area (Å²) in [7, 11) is 3.25. The van der Waals surface area contributed by atoms with Gasteiger partial charge < -0.3 is 14.8 Å². The molecule has 150 valence electrons. The Morgan fingerprint density at radius 2 is 1.83 bits per heavy atom. The molecule has 29 heavy (non-hydrogen) atoms. The van der Waals surface area contributed by atoms with Crippen LogP contribution in [0.5, 0.6) is 11.5 Å². The van der Waals surface area contributed by atoms with Crippen molar-refractivity contribution in [2.24, 2.45) is 0 Å². The number of carbonyl (C=O) groups excluding carboxylic acids is 1. The molecule has 0 bridgehead atoms. The van der Waals surface area contributed by atoms with Gasteiger partial charge in [0.2, 0.25) is 5.95 Å². The Balaban J connectivity index is 1.65. The van der Waals surface area contributed by atoms with Crippen molar-refractivity contribution in [3.63, 3.8) is 0 Å². The summed E-state index contributed by atoms with van der Waals surface area (Å²) in [6, 6.07) is 15.6. The topological polar surface area (TPSA) is 73.3 Å². The van der Waals surface area contributed by atoms with Crippen LogP contribution >= 0.6 is 0 Å². The van der Waals surface area contributed by atoms with Gasteiger partial charge in [0, 0.05) is 24.7 Å². The van der Waals surface area contributed by atoms with Gasteiger partial charge in [0.25, 0.3) is 0 Å². The Hall–Kier alpha value is -3.41. The summed E-state index contributed by atoms with van der Waals surface area (Å²) in [6.45, 7) is 2.28. The number of benzene rings is 2. The number of hydrogen-bond donors (Lipinski definition) is 1. The van der Waals surface area contributed by atoms with Gasteiger partial charge in [0.05, 0.1) is 19.9 Å². The van der Waals surface area contributed by atoms with E-state index in [1.54, 1.807) is 27.3 Å². The van der Waals surface area contributed by atoms with Crippen molar-refractivity contribution in [3.05, 3.63) is 65.9 Å². The van der Waals surface area contributed by atoms with Crippen LogP contribution in [-0.2, 0) is 17.6 Å². The average molecular weight is 391 g/mol. The third-order valence-corrected chi connectivity index (χ3v) is 4.48. The number of methoxy groups -OCH3 is 2. The van der Waals surface area contributed by atoms with Crippen molar-refractivity contribution in [2.45, 2.75) is 19.8 Å². The zero-order chi connectivity index (χ0) is 20.6.